The number of ketones is 1. The Hall–Kier alpha value is -0.616. The molecule has 1 saturated carbocycles. The van der Waals surface area contributed by atoms with E-state index < -0.39 is 0 Å². The molecular weight excluding hydrogens is 465 g/mol. The van der Waals surface area contributed by atoms with Crippen LogP contribution in [0, 0.1) is 12.3 Å². The molecule has 1 aromatic carbocycles. The molecule has 1 aliphatic heterocycles. The van der Waals surface area contributed by atoms with Crippen molar-refractivity contribution in [3.05, 3.63) is 41.8 Å². The molecule has 0 aromatic heterocycles. The molecule has 1 radical (unpaired) electrons. The second-order valence-electron chi connectivity index (χ2n) is 8.78. The van der Waals surface area contributed by atoms with Crippen molar-refractivity contribution in [3.63, 3.8) is 0 Å². The van der Waals surface area contributed by atoms with Gasteiger partial charge >= 0.3 is 0 Å². The Balaban J connectivity index is 0.00000341. The number of carbonyl (C=O) groups is 2. The molecule has 0 spiro atoms. The van der Waals surface area contributed by atoms with Crippen molar-refractivity contribution in [2.75, 3.05) is 33.4 Å². The molecule has 2 atom stereocenters. The third-order valence-electron chi connectivity index (χ3n) is 6.74. The fourth-order valence-corrected chi connectivity index (χ4v) is 4.91. The molecule has 2 fully saturated rings. The second-order valence-corrected chi connectivity index (χ2v) is 8.78. The zero-order valence-corrected chi connectivity index (χ0v) is 22.0. The van der Waals surface area contributed by atoms with Crippen LogP contribution >= 0.6 is 0 Å². The van der Waals surface area contributed by atoms with Crippen LogP contribution in [0.5, 0.6) is 0 Å². The van der Waals surface area contributed by atoms with E-state index in [1.807, 2.05) is 25.5 Å². The number of nitrogens with zero attached hydrogens (tertiary/aromatic N) is 1. The van der Waals surface area contributed by atoms with E-state index in [0.717, 1.165) is 64.8 Å². The number of amides is 1. The number of likely N-dealkylation sites (tertiary alicyclic amines) is 1. The molecule has 1 saturated heterocycles. The summed E-state index contributed by atoms with van der Waals surface area (Å²) < 4.78 is 5.18. The minimum absolute atomic E-state index is 0. The molecule has 1 heterocycles. The number of ether oxygens (including phenoxy) is 1. The molecule has 1 N–H and O–H groups in total. The van der Waals surface area contributed by atoms with Crippen molar-refractivity contribution in [1.82, 2.24) is 10.2 Å². The smallest absolute Gasteiger partial charge is 0.251 e. The summed E-state index contributed by atoms with van der Waals surface area (Å²) in [5, 5.41) is 3.16. The van der Waals surface area contributed by atoms with Crippen molar-refractivity contribution in [3.8, 4) is 0 Å². The quantitative estimate of drug-likeness (QED) is 0.519. The van der Waals surface area contributed by atoms with Gasteiger partial charge in [-0.25, -0.2) is 0 Å². The van der Waals surface area contributed by atoms with E-state index in [1.54, 1.807) is 7.11 Å². The Bertz CT molecular complexity index is 687. The van der Waals surface area contributed by atoms with E-state index in [2.05, 4.69) is 22.3 Å². The fourth-order valence-electron chi connectivity index (χ4n) is 4.91. The van der Waals surface area contributed by atoms with Gasteiger partial charge in [0, 0.05) is 63.9 Å². The van der Waals surface area contributed by atoms with Crippen molar-refractivity contribution >= 4 is 11.7 Å². The standard InChI is InChI=1S/C25H37N2O3.Y/c1-3-6-24(28)22-7-4-5-8-23(22)26-25(29)21-11-9-19(10-12-21)20-13-15-27(16-14-20)17-18-30-2;/h3,9-12,20,22-23H,4-8,13-18H2,1-2H3,(H,26,29);/q-1;/t22-,23+;/m1./s1. The summed E-state index contributed by atoms with van der Waals surface area (Å²) in [6.07, 6.45) is 8.64. The van der Waals surface area contributed by atoms with Gasteiger partial charge in [-0.15, -0.1) is 6.42 Å². The number of hydrogen-bond acceptors (Lipinski definition) is 4. The first-order valence-electron chi connectivity index (χ1n) is 11.5. The molecule has 3 rings (SSSR count). The molecule has 0 unspecified atom stereocenters. The fraction of sp³-hybridized carbons (Fsp3) is 0.640. The van der Waals surface area contributed by atoms with E-state index in [9.17, 15) is 9.59 Å². The Morgan fingerprint density at radius 2 is 1.77 bits per heavy atom. The van der Waals surface area contributed by atoms with Gasteiger partial charge in [-0.05, 0) is 62.4 Å². The van der Waals surface area contributed by atoms with Crippen LogP contribution in [0.3, 0.4) is 0 Å². The predicted molar refractivity (Wildman–Crippen MR) is 120 cm³/mol. The van der Waals surface area contributed by atoms with E-state index in [4.69, 9.17) is 4.74 Å². The number of piperidine rings is 1. The van der Waals surface area contributed by atoms with Gasteiger partial charge < -0.3 is 26.2 Å². The van der Waals surface area contributed by atoms with Gasteiger partial charge in [0.15, 0.2) is 0 Å². The maximum atomic E-state index is 12.8. The summed E-state index contributed by atoms with van der Waals surface area (Å²) in [6.45, 7) is 5.91. The summed E-state index contributed by atoms with van der Waals surface area (Å²) in [5.74, 6) is 0.726. The maximum absolute atomic E-state index is 12.8. The zero-order valence-electron chi connectivity index (χ0n) is 19.1. The van der Waals surface area contributed by atoms with Crippen LogP contribution in [-0.2, 0) is 42.2 Å². The van der Waals surface area contributed by atoms with Crippen LogP contribution in [0.1, 0.15) is 73.7 Å². The summed E-state index contributed by atoms with van der Waals surface area (Å²) >= 11 is 0. The molecule has 31 heavy (non-hydrogen) atoms. The number of hydrogen-bond donors (Lipinski definition) is 1. The first-order chi connectivity index (χ1) is 14.6. The van der Waals surface area contributed by atoms with Crippen molar-refractivity contribution < 1.29 is 47.0 Å². The SMILES string of the molecule is C[CH-]CC(=O)[C@@H]1CCCC[C@@H]1NC(=O)c1ccc(C2CCN(CCOC)CC2)cc1.[Y]. The van der Waals surface area contributed by atoms with E-state index >= 15 is 0 Å². The van der Waals surface area contributed by atoms with E-state index in [0.29, 0.717) is 17.9 Å². The molecule has 0 bridgehead atoms. The van der Waals surface area contributed by atoms with Crippen LogP contribution in [0.4, 0.5) is 0 Å². The summed E-state index contributed by atoms with van der Waals surface area (Å²) in [7, 11) is 1.75. The Labute approximate surface area is 212 Å². The molecule has 169 valence electrons. The van der Waals surface area contributed by atoms with Crippen LogP contribution in [0.25, 0.3) is 0 Å². The number of benzene rings is 1. The first-order valence-corrected chi connectivity index (χ1v) is 11.5. The predicted octanol–water partition coefficient (Wildman–Crippen LogP) is 3.98. The average Bonchev–Trinajstić information content (AvgIpc) is 2.78. The average molecular weight is 502 g/mol. The topological polar surface area (TPSA) is 58.6 Å². The molecule has 6 heteroatoms. The zero-order chi connectivity index (χ0) is 21.3. The Kier molecular flexibility index (Phi) is 11.9. The minimum atomic E-state index is -0.0545. The molecule has 1 aromatic rings. The maximum Gasteiger partial charge on any atom is 0.251 e. The Morgan fingerprint density at radius 3 is 2.42 bits per heavy atom. The van der Waals surface area contributed by atoms with E-state index in [1.165, 1.54) is 5.56 Å². The van der Waals surface area contributed by atoms with Crippen molar-refractivity contribution in [2.24, 2.45) is 5.92 Å². The third kappa shape index (κ3) is 7.73. The van der Waals surface area contributed by atoms with Crippen LogP contribution in [0.2, 0.25) is 0 Å². The van der Waals surface area contributed by atoms with Gasteiger partial charge in [0.2, 0.25) is 0 Å². The molecular formula is C25H37N2O3Y-. The van der Waals surface area contributed by atoms with Gasteiger partial charge in [0.05, 0.1) is 6.61 Å². The number of rotatable bonds is 9. The minimum Gasteiger partial charge on any atom is -0.383 e. The number of carbonyl (C=O) groups excluding carboxylic acids is 2. The molecule has 1 amide bonds. The number of nitrogens with one attached hydrogen (secondary N) is 1. The molecule has 1 aliphatic carbocycles. The van der Waals surface area contributed by atoms with Crippen LogP contribution in [0.15, 0.2) is 24.3 Å². The number of Topliss-reactive ketones (excluding diaryl/α,β-unsaturated/α-hetero) is 1. The molecule has 5 nitrogen and oxygen atoms in total. The first kappa shape index (κ1) is 26.6. The largest absolute Gasteiger partial charge is 0.383 e. The normalized spacial score (nSPS) is 22.5. The van der Waals surface area contributed by atoms with Gasteiger partial charge in [-0.2, -0.15) is 6.92 Å². The summed E-state index contributed by atoms with van der Waals surface area (Å²) in [6, 6.07) is 8.08. The van der Waals surface area contributed by atoms with Gasteiger partial charge in [0.1, 0.15) is 5.78 Å². The number of methoxy groups -OCH3 is 1. The van der Waals surface area contributed by atoms with Crippen molar-refractivity contribution in [2.45, 2.75) is 63.8 Å². The second kappa shape index (κ2) is 13.8. The van der Waals surface area contributed by atoms with Crippen LogP contribution in [-0.4, -0.2) is 56.0 Å². The summed E-state index contributed by atoms with van der Waals surface area (Å²) in [5.41, 5.74) is 2.01. The molecule has 2 aliphatic rings. The third-order valence-corrected chi connectivity index (χ3v) is 6.74. The monoisotopic (exact) mass is 502 g/mol. The van der Waals surface area contributed by atoms with Gasteiger partial charge in [0.25, 0.3) is 5.91 Å². The summed E-state index contributed by atoms with van der Waals surface area (Å²) in [4.78, 5) is 27.7. The van der Waals surface area contributed by atoms with Crippen LogP contribution < -0.4 is 5.32 Å². The van der Waals surface area contributed by atoms with E-state index in [-0.39, 0.29) is 56.4 Å². The Morgan fingerprint density at radius 1 is 1.10 bits per heavy atom. The van der Waals surface area contributed by atoms with Gasteiger partial charge in [-0.1, -0.05) is 25.0 Å². The van der Waals surface area contributed by atoms with Gasteiger partial charge in [-0.3, -0.25) is 4.79 Å². The van der Waals surface area contributed by atoms with Crippen molar-refractivity contribution in [1.29, 1.82) is 0 Å².